The van der Waals surface area contributed by atoms with Crippen LogP contribution in [0.3, 0.4) is 0 Å². The lowest BCUT2D eigenvalue weighted by molar-refractivity contribution is -0.130. The Morgan fingerprint density at radius 2 is 2.11 bits per heavy atom. The van der Waals surface area contributed by atoms with Crippen LogP contribution in [0.1, 0.15) is 15.9 Å². The first-order valence-corrected chi connectivity index (χ1v) is 6.35. The summed E-state index contributed by atoms with van der Waals surface area (Å²) < 4.78 is 0. The Morgan fingerprint density at radius 3 is 2.79 bits per heavy atom. The van der Waals surface area contributed by atoms with E-state index in [1.807, 2.05) is 6.92 Å². The highest BCUT2D eigenvalue weighted by molar-refractivity contribution is 5.96. The first-order valence-electron chi connectivity index (χ1n) is 6.35. The quantitative estimate of drug-likeness (QED) is 0.774. The molecule has 0 spiro atoms. The molecule has 0 aliphatic carbocycles. The molecule has 1 aromatic heterocycles. The molecule has 1 aliphatic rings. The lowest BCUT2D eigenvalue weighted by Crippen LogP contribution is -2.49. The summed E-state index contributed by atoms with van der Waals surface area (Å²) in [6, 6.07) is 1.75. The zero-order valence-corrected chi connectivity index (χ0v) is 11.0. The maximum atomic E-state index is 11.9. The molecular weight excluding hydrogens is 244 g/mol. The zero-order valence-electron chi connectivity index (χ0n) is 11.0. The lowest BCUT2D eigenvalue weighted by Gasteiger charge is -2.27. The molecule has 2 heterocycles. The minimum absolute atomic E-state index is 0.0345. The Bertz CT molecular complexity index is 469. The van der Waals surface area contributed by atoms with Crippen LogP contribution in [0.2, 0.25) is 0 Å². The second kappa shape index (κ2) is 6.29. The van der Waals surface area contributed by atoms with Gasteiger partial charge in [-0.2, -0.15) is 0 Å². The highest BCUT2D eigenvalue weighted by Crippen LogP contribution is 2.01. The third kappa shape index (κ3) is 3.75. The van der Waals surface area contributed by atoms with Gasteiger partial charge in [-0.1, -0.05) is 0 Å². The topological polar surface area (TPSA) is 74.3 Å². The number of hydrogen-bond donors (Lipinski definition) is 2. The number of aromatic nitrogens is 1. The van der Waals surface area contributed by atoms with Crippen molar-refractivity contribution in [2.45, 2.75) is 6.92 Å². The fourth-order valence-corrected chi connectivity index (χ4v) is 1.96. The summed E-state index contributed by atoms with van der Waals surface area (Å²) in [5, 5.41) is 5.81. The summed E-state index contributed by atoms with van der Waals surface area (Å²) in [6.07, 6.45) is 3.18. The van der Waals surface area contributed by atoms with Crippen molar-refractivity contribution in [2.24, 2.45) is 0 Å². The number of amides is 2. The van der Waals surface area contributed by atoms with E-state index in [-0.39, 0.29) is 18.4 Å². The summed E-state index contributed by atoms with van der Waals surface area (Å²) in [5.74, 6) is -0.310. The van der Waals surface area contributed by atoms with Crippen molar-refractivity contribution in [3.8, 4) is 0 Å². The summed E-state index contributed by atoms with van der Waals surface area (Å²) in [6.45, 7) is 4.91. The molecule has 1 aromatic rings. The van der Waals surface area contributed by atoms with Gasteiger partial charge < -0.3 is 15.5 Å². The van der Waals surface area contributed by atoms with Crippen molar-refractivity contribution in [3.63, 3.8) is 0 Å². The molecule has 6 nitrogen and oxygen atoms in total. The van der Waals surface area contributed by atoms with Gasteiger partial charge in [0, 0.05) is 38.6 Å². The Balaban J connectivity index is 1.84. The second-order valence-electron chi connectivity index (χ2n) is 4.56. The predicted octanol–water partition coefficient (Wildman–Crippen LogP) is -0.448. The van der Waals surface area contributed by atoms with Gasteiger partial charge in [0.15, 0.2) is 0 Å². The molecule has 19 heavy (non-hydrogen) atoms. The number of aryl methyl sites for hydroxylation is 1. The molecule has 6 heteroatoms. The minimum Gasteiger partial charge on any atom is -0.343 e. The van der Waals surface area contributed by atoms with Gasteiger partial charge in [0.05, 0.1) is 12.1 Å². The van der Waals surface area contributed by atoms with Gasteiger partial charge >= 0.3 is 0 Å². The van der Waals surface area contributed by atoms with Crippen molar-refractivity contribution in [1.82, 2.24) is 20.5 Å². The van der Waals surface area contributed by atoms with Crippen molar-refractivity contribution in [3.05, 3.63) is 29.6 Å². The number of nitrogens with one attached hydrogen (secondary N) is 2. The minimum atomic E-state index is -0.264. The molecule has 0 atom stereocenters. The van der Waals surface area contributed by atoms with Crippen LogP contribution in [0.4, 0.5) is 0 Å². The molecule has 0 bridgehead atoms. The molecular formula is C13H18N4O2. The van der Waals surface area contributed by atoms with Crippen molar-refractivity contribution < 1.29 is 9.59 Å². The molecule has 1 saturated heterocycles. The average Bonchev–Trinajstić information content (AvgIpc) is 2.45. The summed E-state index contributed by atoms with van der Waals surface area (Å²) in [7, 11) is 0. The van der Waals surface area contributed by atoms with Gasteiger partial charge in [-0.3, -0.25) is 14.6 Å². The number of rotatable bonds is 3. The molecule has 2 rings (SSSR count). The average molecular weight is 262 g/mol. The van der Waals surface area contributed by atoms with Crippen LogP contribution in [0.5, 0.6) is 0 Å². The van der Waals surface area contributed by atoms with Crippen LogP contribution < -0.4 is 10.6 Å². The number of pyridine rings is 1. The van der Waals surface area contributed by atoms with Crippen molar-refractivity contribution in [2.75, 3.05) is 32.7 Å². The molecule has 0 radical (unpaired) electrons. The van der Waals surface area contributed by atoms with Crippen LogP contribution in [0, 0.1) is 6.92 Å². The Kier molecular flexibility index (Phi) is 4.46. The first kappa shape index (κ1) is 13.5. The van der Waals surface area contributed by atoms with E-state index in [0.29, 0.717) is 18.7 Å². The van der Waals surface area contributed by atoms with Crippen LogP contribution in [-0.4, -0.2) is 54.4 Å². The van der Waals surface area contributed by atoms with E-state index in [2.05, 4.69) is 15.6 Å². The number of piperazine rings is 1. The normalized spacial score (nSPS) is 15.1. The fraction of sp³-hybridized carbons (Fsp3) is 0.462. The van der Waals surface area contributed by atoms with Gasteiger partial charge in [0.25, 0.3) is 5.91 Å². The van der Waals surface area contributed by atoms with Gasteiger partial charge in [-0.15, -0.1) is 0 Å². The third-order valence-electron chi connectivity index (χ3n) is 3.01. The van der Waals surface area contributed by atoms with E-state index >= 15 is 0 Å². The molecule has 0 saturated carbocycles. The van der Waals surface area contributed by atoms with E-state index < -0.39 is 0 Å². The number of nitrogens with zero attached hydrogens (tertiary/aromatic N) is 2. The SMILES string of the molecule is Cc1cncc(C(=O)NCC(=O)N2CCNCC2)c1. The molecule has 2 N–H and O–H groups in total. The largest absolute Gasteiger partial charge is 0.343 e. The smallest absolute Gasteiger partial charge is 0.253 e. The predicted molar refractivity (Wildman–Crippen MR) is 70.8 cm³/mol. The number of carbonyl (C=O) groups is 2. The van der Waals surface area contributed by atoms with Crippen molar-refractivity contribution >= 4 is 11.8 Å². The van der Waals surface area contributed by atoms with E-state index in [1.165, 1.54) is 6.20 Å². The van der Waals surface area contributed by atoms with E-state index in [9.17, 15) is 9.59 Å². The fourth-order valence-electron chi connectivity index (χ4n) is 1.96. The standard InChI is InChI=1S/C13H18N4O2/c1-10-6-11(8-15-7-10)13(19)16-9-12(18)17-4-2-14-3-5-17/h6-8,14H,2-5,9H2,1H3,(H,16,19). The summed E-state index contributed by atoms with van der Waals surface area (Å²) in [4.78, 5) is 29.4. The monoisotopic (exact) mass is 262 g/mol. The second-order valence-corrected chi connectivity index (χ2v) is 4.56. The van der Waals surface area contributed by atoms with Crippen LogP contribution in [-0.2, 0) is 4.79 Å². The first-order chi connectivity index (χ1) is 9.16. The highest BCUT2D eigenvalue weighted by Gasteiger charge is 2.16. The molecule has 1 aliphatic heterocycles. The van der Waals surface area contributed by atoms with Gasteiger partial charge in [0.2, 0.25) is 5.91 Å². The summed E-state index contributed by atoms with van der Waals surface area (Å²) in [5.41, 5.74) is 1.40. The Morgan fingerprint density at radius 1 is 1.37 bits per heavy atom. The van der Waals surface area contributed by atoms with Gasteiger partial charge in [-0.05, 0) is 18.6 Å². The highest BCUT2D eigenvalue weighted by atomic mass is 16.2. The van der Waals surface area contributed by atoms with Gasteiger partial charge in [0.1, 0.15) is 0 Å². The molecule has 1 fully saturated rings. The molecule has 102 valence electrons. The van der Waals surface area contributed by atoms with Crippen LogP contribution in [0.25, 0.3) is 0 Å². The van der Waals surface area contributed by atoms with Crippen LogP contribution in [0.15, 0.2) is 18.5 Å². The van der Waals surface area contributed by atoms with E-state index in [1.54, 1.807) is 17.2 Å². The number of carbonyl (C=O) groups excluding carboxylic acids is 2. The maximum absolute atomic E-state index is 11.9. The van der Waals surface area contributed by atoms with E-state index in [0.717, 1.165) is 18.7 Å². The van der Waals surface area contributed by atoms with Crippen LogP contribution >= 0.6 is 0 Å². The van der Waals surface area contributed by atoms with Gasteiger partial charge in [-0.25, -0.2) is 0 Å². The molecule has 0 aromatic carbocycles. The lowest BCUT2D eigenvalue weighted by atomic mass is 10.2. The van der Waals surface area contributed by atoms with Crippen molar-refractivity contribution in [1.29, 1.82) is 0 Å². The summed E-state index contributed by atoms with van der Waals surface area (Å²) >= 11 is 0. The molecule has 2 amide bonds. The Labute approximate surface area is 112 Å². The zero-order chi connectivity index (χ0) is 13.7. The third-order valence-corrected chi connectivity index (χ3v) is 3.01. The number of hydrogen-bond acceptors (Lipinski definition) is 4. The molecule has 0 unspecified atom stereocenters. The Hall–Kier alpha value is -1.95. The maximum Gasteiger partial charge on any atom is 0.253 e. The van der Waals surface area contributed by atoms with E-state index in [4.69, 9.17) is 0 Å².